The number of hydrogen-bond donors (Lipinski definition) is 1. The summed E-state index contributed by atoms with van der Waals surface area (Å²) in [6.45, 7) is 1.94. The quantitative estimate of drug-likeness (QED) is 0.736. The molecule has 15 heavy (non-hydrogen) atoms. The predicted octanol–water partition coefficient (Wildman–Crippen LogP) is 0.486. The lowest BCUT2D eigenvalue weighted by Gasteiger charge is -2.03. The van der Waals surface area contributed by atoms with Crippen LogP contribution in [0.4, 0.5) is 0 Å². The number of carbonyl (C=O) groups is 1. The third-order valence-electron chi connectivity index (χ3n) is 2.15. The van der Waals surface area contributed by atoms with Gasteiger partial charge in [0.15, 0.2) is 5.69 Å². The normalized spacial score (nSPS) is 12.5. The molecule has 84 valence electrons. The van der Waals surface area contributed by atoms with Gasteiger partial charge in [0.25, 0.3) is 0 Å². The number of methoxy groups -OCH3 is 1. The van der Waals surface area contributed by atoms with E-state index < -0.39 is 5.97 Å². The van der Waals surface area contributed by atoms with E-state index >= 15 is 0 Å². The second kappa shape index (κ2) is 4.93. The zero-order valence-electron chi connectivity index (χ0n) is 9.36. The van der Waals surface area contributed by atoms with E-state index in [1.54, 1.807) is 11.7 Å². The lowest BCUT2D eigenvalue weighted by molar-refractivity contribution is 0.0592. The summed E-state index contributed by atoms with van der Waals surface area (Å²) in [6.07, 6.45) is 3.40. The minimum atomic E-state index is -0.393. The Morgan fingerprint density at radius 1 is 1.73 bits per heavy atom. The van der Waals surface area contributed by atoms with Crippen LogP contribution in [-0.4, -0.2) is 28.9 Å². The Morgan fingerprint density at radius 2 is 2.40 bits per heavy atom. The molecule has 0 amide bonds. The number of aryl methyl sites for hydroxylation is 2. The van der Waals surface area contributed by atoms with E-state index in [0.717, 1.165) is 18.4 Å². The molecule has 0 aliphatic carbocycles. The van der Waals surface area contributed by atoms with Crippen LogP contribution in [0.2, 0.25) is 0 Å². The summed E-state index contributed by atoms with van der Waals surface area (Å²) in [4.78, 5) is 11.4. The summed E-state index contributed by atoms with van der Waals surface area (Å²) in [7, 11) is 3.13. The fourth-order valence-electron chi connectivity index (χ4n) is 1.37. The second-order valence-electron chi connectivity index (χ2n) is 3.68. The number of hydrogen-bond acceptors (Lipinski definition) is 4. The molecule has 1 aromatic heterocycles. The van der Waals surface area contributed by atoms with Crippen LogP contribution in [0.1, 0.15) is 29.4 Å². The molecule has 1 heterocycles. The van der Waals surface area contributed by atoms with Crippen molar-refractivity contribution in [3.63, 3.8) is 0 Å². The van der Waals surface area contributed by atoms with Crippen LogP contribution < -0.4 is 5.73 Å². The first-order chi connectivity index (χ1) is 7.04. The molecule has 1 unspecified atom stereocenters. The largest absolute Gasteiger partial charge is 0.464 e. The molecule has 5 nitrogen and oxygen atoms in total. The van der Waals surface area contributed by atoms with Gasteiger partial charge < -0.3 is 10.5 Å². The maximum Gasteiger partial charge on any atom is 0.358 e. The summed E-state index contributed by atoms with van der Waals surface area (Å²) in [5, 5.41) is 4.06. The van der Waals surface area contributed by atoms with Crippen molar-refractivity contribution in [2.45, 2.75) is 25.8 Å². The van der Waals surface area contributed by atoms with Crippen molar-refractivity contribution in [3.05, 3.63) is 17.5 Å². The number of esters is 1. The summed E-state index contributed by atoms with van der Waals surface area (Å²) >= 11 is 0. The minimum Gasteiger partial charge on any atom is -0.464 e. The highest BCUT2D eigenvalue weighted by molar-refractivity contribution is 5.88. The summed E-state index contributed by atoms with van der Waals surface area (Å²) < 4.78 is 6.26. The van der Waals surface area contributed by atoms with Crippen molar-refractivity contribution in [2.24, 2.45) is 12.8 Å². The van der Waals surface area contributed by atoms with Gasteiger partial charge in [0.05, 0.1) is 7.11 Å². The Kier molecular flexibility index (Phi) is 3.85. The molecule has 0 bridgehead atoms. The number of rotatable bonds is 4. The van der Waals surface area contributed by atoms with Gasteiger partial charge in [0.1, 0.15) is 0 Å². The van der Waals surface area contributed by atoms with Gasteiger partial charge in [0, 0.05) is 24.8 Å². The van der Waals surface area contributed by atoms with E-state index in [-0.39, 0.29) is 6.04 Å². The molecular formula is C10H17N3O2. The van der Waals surface area contributed by atoms with Gasteiger partial charge >= 0.3 is 5.97 Å². The van der Waals surface area contributed by atoms with E-state index in [0.29, 0.717) is 5.69 Å². The molecule has 0 radical (unpaired) electrons. The van der Waals surface area contributed by atoms with Crippen LogP contribution in [0.5, 0.6) is 0 Å². The van der Waals surface area contributed by atoms with Gasteiger partial charge in [0.2, 0.25) is 0 Å². The zero-order chi connectivity index (χ0) is 11.4. The van der Waals surface area contributed by atoms with Crippen LogP contribution in [0.25, 0.3) is 0 Å². The van der Waals surface area contributed by atoms with Crippen molar-refractivity contribution in [1.29, 1.82) is 0 Å². The van der Waals surface area contributed by atoms with Gasteiger partial charge in [-0.15, -0.1) is 0 Å². The van der Waals surface area contributed by atoms with Gasteiger partial charge in [-0.3, -0.25) is 4.68 Å². The van der Waals surface area contributed by atoms with Gasteiger partial charge in [-0.1, -0.05) is 0 Å². The number of aromatic nitrogens is 2. The van der Waals surface area contributed by atoms with E-state index in [4.69, 9.17) is 5.73 Å². The topological polar surface area (TPSA) is 70.1 Å². The Morgan fingerprint density at radius 3 is 2.93 bits per heavy atom. The zero-order valence-corrected chi connectivity index (χ0v) is 9.36. The van der Waals surface area contributed by atoms with E-state index in [1.807, 2.05) is 13.1 Å². The minimum absolute atomic E-state index is 0.121. The third-order valence-corrected chi connectivity index (χ3v) is 2.15. The molecule has 1 atom stereocenters. The Labute approximate surface area is 89.2 Å². The summed E-state index contributed by atoms with van der Waals surface area (Å²) in [6, 6.07) is 0.121. The molecule has 0 fully saturated rings. The van der Waals surface area contributed by atoms with Crippen molar-refractivity contribution in [3.8, 4) is 0 Å². The standard InChI is InChI=1S/C10H17N3O2/c1-7(11)4-5-8-6-13(2)12-9(8)10(14)15-3/h6-7H,4-5,11H2,1-3H3. The van der Waals surface area contributed by atoms with Crippen LogP contribution in [0.3, 0.4) is 0 Å². The second-order valence-corrected chi connectivity index (χ2v) is 3.68. The molecule has 0 saturated carbocycles. The van der Waals surface area contributed by atoms with Gasteiger partial charge in [-0.2, -0.15) is 5.10 Å². The third kappa shape index (κ3) is 3.06. The molecule has 1 aromatic rings. The number of nitrogens with zero attached hydrogens (tertiary/aromatic N) is 2. The fourth-order valence-corrected chi connectivity index (χ4v) is 1.37. The van der Waals surface area contributed by atoms with E-state index in [1.165, 1.54) is 7.11 Å². The van der Waals surface area contributed by atoms with Gasteiger partial charge in [-0.25, -0.2) is 4.79 Å². The Bertz CT molecular complexity index is 344. The van der Waals surface area contributed by atoms with E-state index in [9.17, 15) is 4.79 Å². The summed E-state index contributed by atoms with van der Waals surface area (Å²) in [5.74, 6) is -0.393. The Hall–Kier alpha value is -1.36. The number of carbonyl (C=O) groups excluding carboxylic acids is 1. The highest BCUT2D eigenvalue weighted by atomic mass is 16.5. The van der Waals surface area contributed by atoms with Crippen LogP contribution in [0, 0.1) is 0 Å². The van der Waals surface area contributed by atoms with Crippen LogP contribution in [-0.2, 0) is 18.2 Å². The molecule has 0 saturated heterocycles. The lowest BCUT2D eigenvalue weighted by atomic mass is 10.1. The molecule has 0 aromatic carbocycles. The highest BCUT2D eigenvalue weighted by Gasteiger charge is 2.16. The highest BCUT2D eigenvalue weighted by Crippen LogP contribution is 2.11. The molecule has 5 heteroatoms. The Balaban J connectivity index is 2.81. The van der Waals surface area contributed by atoms with Gasteiger partial charge in [-0.05, 0) is 19.8 Å². The first kappa shape index (κ1) is 11.7. The average molecular weight is 211 g/mol. The van der Waals surface area contributed by atoms with Crippen molar-refractivity contribution >= 4 is 5.97 Å². The maximum atomic E-state index is 11.4. The predicted molar refractivity (Wildman–Crippen MR) is 56.5 cm³/mol. The SMILES string of the molecule is COC(=O)c1nn(C)cc1CCC(C)N. The first-order valence-electron chi connectivity index (χ1n) is 4.91. The number of nitrogens with two attached hydrogens (primary N) is 1. The van der Waals surface area contributed by atoms with Crippen molar-refractivity contribution < 1.29 is 9.53 Å². The van der Waals surface area contributed by atoms with Crippen LogP contribution >= 0.6 is 0 Å². The number of ether oxygens (including phenoxy) is 1. The molecule has 0 aliphatic rings. The van der Waals surface area contributed by atoms with E-state index in [2.05, 4.69) is 9.84 Å². The van der Waals surface area contributed by atoms with Crippen molar-refractivity contribution in [1.82, 2.24) is 9.78 Å². The summed E-state index contributed by atoms with van der Waals surface area (Å²) in [5.41, 5.74) is 6.94. The fraction of sp³-hybridized carbons (Fsp3) is 0.600. The average Bonchev–Trinajstić information content (AvgIpc) is 2.55. The molecular weight excluding hydrogens is 194 g/mol. The monoisotopic (exact) mass is 211 g/mol. The van der Waals surface area contributed by atoms with Crippen molar-refractivity contribution in [2.75, 3.05) is 7.11 Å². The molecule has 1 rings (SSSR count). The first-order valence-corrected chi connectivity index (χ1v) is 4.91. The van der Waals surface area contributed by atoms with Crippen LogP contribution in [0.15, 0.2) is 6.20 Å². The molecule has 0 spiro atoms. The molecule has 2 N–H and O–H groups in total. The maximum absolute atomic E-state index is 11.4. The lowest BCUT2D eigenvalue weighted by Crippen LogP contribution is -2.16. The smallest absolute Gasteiger partial charge is 0.358 e. The molecule has 0 aliphatic heterocycles.